The second kappa shape index (κ2) is 4.39. The molecule has 0 aromatic carbocycles. The van der Waals surface area contributed by atoms with Crippen molar-refractivity contribution in [2.45, 2.75) is 44.0 Å². The molecular weight excluding hydrogens is 274 g/mol. The van der Waals surface area contributed by atoms with Crippen LogP contribution < -0.4 is 0 Å². The number of carbonyl (C=O) groups excluding carboxylic acids is 1. The maximum atomic E-state index is 12.9. The number of hydrogen-bond acceptors (Lipinski definition) is 3. The van der Waals surface area contributed by atoms with Crippen molar-refractivity contribution in [1.82, 2.24) is 4.90 Å². The molecule has 3 aliphatic carbocycles. The highest BCUT2D eigenvalue weighted by atomic mass is 32.2. The number of thioether (sulfide) groups is 1. The van der Waals surface area contributed by atoms with E-state index < -0.39 is 12.0 Å². The number of carboxylic acid groups (broad SMARTS) is 1. The van der Waals surface area contributed by atoms with Gasteiger partial charge in [0.05, 0.1) is 5.37 Å². The monoisotopic (exact) mass is 295 g/mol. The van der Waals surface area contributed by atoms with Crippen LogP contribution in [0.2, 0.25) is 0 Å². The third-order valence-electron chi connectivity index (χ3n) is 6.00. The molecule has 0 aromatic rings. The van der Waals surface area contributed by atoms with Gasteiger partial charge in [-0.15, -0.1) is 11.8 Å². The van der Waals surface area contributed by atoms with Crippen molar-refractivity contribution >= 4 is 23.6 Å². The molecule has 5 heteroatoms. The van der Waals surface area contributed by atoms with Gasteiger partial charge in [-0.25, -0.2) is 4.79 Å². The van der Waals surface area contributed by atoms with E-state index in [9.17, 15) is 14.7 Å². The van der Waals surface area contributed by atoms with Gasteiger partial charge in [-0.1, -0.05) is 6.92 Å². The molecule has 4 fully saturated rings. The van der Waals surface area contributed by atoms with Crippen LogP contribution in [0.5, 0.6) is 0 Å². The Hall–Kier alpha value is -0.710. The fraction of sp³-hybridized carbons (Fsp3) is 0.867. The van der Waals surface area contributed by atoms with Crippen LogP contribution in [0.4, 0.5) is 0 Å². The smallest absolute Gasteiger partial charge is 0.327 e. The predicted octanol–water partition coefficient (Wildman–Crippen LogP) is 2.04. The second-order valence-corrected chi connectivity index (χ2v) is 8.02. The van der Waals surface area contributed by atoms with Gasteiger partial charge in [0.15, 0.2) is 0 Å². The number of aliphatic carboxylic acids is 1. The molecule has 2 bridgehead atoms. The first-order valence-electron chi connectivity index (χ1n) is 7.80. The molecular formula is C15H21NO3S. The van der Waals surface area contributed by atoms with Crippen molar-refractivity contribution in [3.63, 3.8) is 0 Å². The first-order chi connectivity index (χ1) is 9.63. The third kappa shape index (κ3) is 1.62. The normalized spacial score (nSPS) is 48.5. The summed E-state index contributed by atoms with van der Waals surface area (Å²) in [7, 11) is 0. The summed E-state index contributed by atoms with van der Waals surface area (Å²) in [4.78, 5) is 26.0. The van der Waals surface area contributed by atoms with E-state index in [0.29, 0.717) is 17.6 Å². The Bertz CT molecular complexity index is 452. The second-order valence-electron chi connectivity index (χ2n) is 6.81. The van der Waals surface area contributed by atoms with Crippen LogP contribution in [0.1, 0.15) is 32.6 Å². The zero-order valence-electron chi connectivity index (χ0n) is 11.7. The van der Waals surface area contributed by atoms with E-state index in [1.54, 1.807) is 16.7 Å². The molecule has 6 unspecified atom stereocenters. The van der Waals surface area contributed by atoms with E-state index in [-0.39, 0.29) is 17.2 Å². The van der Waals surface area contributed by atoms with E-state index in [4.69, 9.17) is 0 Å². The first-order valence-corrected chi connectivity index (χ1v) is 8.85. The van der Waals surface area contributed by atoms with Crippen molar-refractivity contribution < 1.29 is 14.7 Å². The number of carboxylic acids is 1. The summed E-state index contributed by atoms with van der Waals surface area (Å²) in [6, 6.07) is -0.601. The number of carbonyl (C=O) groups is 2. The number of rotatable bonds is 3. The predicted molar refractivity (Wildman–Crippen MR) is 76.1 cm³/mol. The average Bonchev–Trinajstić information content (AvgIpc) is 2.82. The summed E-state index contributed by atoms with van der Waals surface area (Å²) >= 11 is 1.63. The maximum Gasteiger partial charge on any atom is 0.327 e. The molecule has 1 heterocycles. The Morgan fingerprint density at radius 2 is 1.90 bits per heavy atom. The average molecular weight is 295 g/mol. The maximum absolute atomic E-state index is 12.9. The minimum atomic E-state index is -0.837. The lowest BCUT2D eigenvalue weighted by molar-refractivity contribution is -0.150. The minimum Gasteiger partial charge on any atom is -0.480 e. The third-order valence-corrected chi connectivity index (χ3v) is 7.46. The van der Waals surface area contributed by atoms with Gasteiger partial charge in [0.1, 0.15) is 6.04 Å². The highest BCUT2D eigenvalue weighted by molar-refractivity contribution is 8.00. The van der Waals surface area contributed by atoms with Gasteiger partial charge in [-0.05, 0) is 49.4 Å². The van der Waals surface area contributed by atoms with Crippen molar-refractivity contribution in [1.29, 1.82) is 0 Å². The summed E-state index contributed by atoms with van der Waals surface area (Å²) in [6.45, 7) is 2.04. The lowest BCUT2D eigenvalue weighted by atomic mass is 10.0. The first kappa shape index (κ1) is 13.0. The van der Waals surface area contributed by atoms with Crippen molar-refractivity contribution in [2.75, 3.05) is 5.75 Å². The highest BCUT2D eigenvalue weighted by Gasteiger charge is 2.68. The Labute approximate surface area is 123 Å². The number of hydrogen-bond donors (Lipinski definition) is 1. The Morgan fingerprint density at radius 3 is 2.45 bits per heavy atom. The van der Waals surface area contributed by atoms with Gasteiger partial charge in [0.25, 0.3) is 0 Å². The summed E-state index contributed by atoms with van der Waals surface area (Å²) in [5, 5.41) is 9.43. The number of amides is 1. The van der Waals surface area contributed by atoms with Gasteiger partial charge in [0.2, 0.25) is 5.91 Å². The topological polar surface area (TPSA) is 57.6 Å². The van der Waals surface area contributed by atoms with E-state index in [1.807, 2.05) is 6.92 Å². The lowest BCUT2D eigenvalue weighted by Crippen LogP contribution is -2.46. The molecule has 4 aliphatic rings. The fourth-order valence-electron chi connectivity index (χ4n) is 5.19. The zero-order valence-corrected chi connectivity index (χ0v) is 12.5. The fourth-order valence-corrected chi connectivity index (χ4v) is 6.55. The molecule has 4 nitrogen and oxygen atoms in total. The Kier molecular flexibility index (Phi) is 2.85. The quantitative estimate of drug-likeness (QED) is 0.865. The summed E-state index contributed by atoms with van der Waals surface area (Å²) in [6.07, 6.45) is 4.76. The molecule has 110 valence electrons. The van der Waals surface area contributed by atoms with Crippen LogP contribution in [0.3, 0.4) is 0 Å². The summed E-state index contributed by atoms with van der Waals surface area (Å²) < 4.78 is 0. The van der Waals surface area contributed by atoms with Gasteiger partial charge >= 0.3 is 5.97 Å². The van der Waals surface area contributed by atoms with Crippen molar-refractivity contribution in [2.24, 2.45) is 29.6 Å². The van der Waals surface area contributed by atoms with E-state index in [1.165, 1.54) is 19.3 Å². The number of fused-ring (bicyclic) bond motifs is 5. The molecule has 4 rings (SSSR count). The standard InChI is InChI=1S/C15H21NO3S/c1-2-10-16(9(6-20-10)15(18)19)14(17)13-11-7-3-4-8(5-7)12(11)13/h7-13H,2-6H2,1H3,(H,18,19). The molecule has 0 radical (unpaired) electrons. The van der Waals surface area contributed by atoms with E-state index in [2.05, 4.69) is 0 Å². The minimum absolute atomic E-state index is 0.0718. The molecule has 0 spiro atoms. The Morgan fingerprint density at radius 1 is 1.25 bits per heavy atom. The summed E-state index contributed by atoms with van der Waals surface area (Å²) in [5.74, 6) is 2.74. The van der Waals surface area contributed by atoms with Gasteiger partial charge in [-0.3, -0.25) is 4.79 Å². The lowest BCUT2D eigenvalue weighted by Gasteiger charge is -2.27. The van der Waals surface area contributed by atoms with Crippen LogP contribution in [0.25, 0.3) is 0 Å². The van der Waals surface area contributed by atoms with Crippen LogP contribution in [0, 0.1) is 29.6 Å². The zero-order chi connectivity index (χ0) is 14.0. The molecule has 6 atom stereocenters. The van der Waals surface area contributed by atoms with Crippen LogP contribution >= 0.6 is 11.8 Å². The largest absolute Gasteiger partial charge is 0.480 e. The van der Waals surface area contributed by atoms with Gasteiger partial charge in [0, 0.05) is 11.7 Å². The van der Waals surface area contributed by atoms with E-state index in [0.717, 1.165) is 18.3 Å². The van der Waals surface area contributed by atoms with Gasteiger partial charge in [-0.2, -0.15) is 0 Å². The van der Waals surface area contributed by atoms with Crippen LogP contribution in [-0.2, 0) is 9.59 Å². The molecule has 1 aliphatic heterocycles. The SMILES string of the molecule is CCC1SCC(C(=O)O)N1C(=O)C1C2C3CCC(C3)C12. The van der Waals surface area contributed by atoms with Crippen molar-refractivity contribution in [3.05, 3.63) is 0 Å². The molecule has 1 N–H and O–H groups in total. The van der Waals surface area contributed by atoms with Crippen LogP contribution in [0.15, 0.2) is 0 Å². The molecule has 1 saturated heterocycles. The molecule has 20 heavy (non-hydrogen) atoms. The molecule has 0 aromatic heterocycles. The Balaban J connectivity index is 1.54. The number of nitrogens with zero attached hydrogens (tertiary/aromatic N) is 1. The van der Waals surface area contributed by atoms with Gasteiger partial charge < -0.3 is 10.0 Å². The van der Waals surface area contributed by atoms with Crippen LogP contribution in [-0.4, -0.2) is 39.1 Å². The van der Waals surface area contributed by atoms with Crippen molar-refractivity contribution in [3.8, 4) is 0 Å². The summed E-state index contributed by atoms with van der Waals surface area (Å²) in [5.41, 5.74) is 0. The van der Waals surface area contributed by atoms with E-state index >= 15 is 0 Å². The molecule has 1 amide bonds. The highest BCUT2D eigenvalue weighted by Crippen LogP contribution is 2.70. The molecule has 3 saturated carbocycles.